The van der Waals surface area contributed by atoms with Gasteiger partial charge in [0.15, 0.2) is 0 Å². The lowest BCUT2D eigenvalue weighted by Crippen LogP contribution is -2.40. The number of carbonyl (C=O) groups excluding carboxylic acids is 2. The summed E-state index contributed by atoms with van der Waals surface area (Å²) >= 11 is 0. The Bertz CT molecular complexity index is 487. The largest absolute Gasteiger partial charge is 0.355 e. The average molecular weight is 261 g/mol. The van der Waals surface area contributed by atoms with Gasteiger partial charge in [0.05, 0.1) is 0 Å². The molecule has 2 amide bonds. The Hall–Kier alpha value is -1.88. The molecule has 0 saturated heterocycles. The zero-order valence-electron chi connectivity index (χ0n) is 11.3. The summed E-state index contributed by atoms with van der Waals surface area (Å²) in [4.78, 5) is 24.4. The van der Waals surface area contributed by atoms with Crippen LogP contribution >= 0.6 is 0 Å². The van der Waals surface area contributed by atoms with Crippen LogP contribution in [0.1, 0.15) is 24.9 Å². The summed E-state index contributed by atoms with van der Waals surface area (Å²) < 4.78 is 0. The Morgan fingerprint density at radius 2 is 2.11 bits per heavy atom. The monoisotopic (exact) mass is 261 g/mol. The summed E-state index contributed by atoms with van der Waals surface area (Å²) in [6.45, 7) is 2.71. The van der Waals surface area contributed by atoms with E-state index in [1.54, 1.807) is 11.9 Å². The van der Waals surface area contributed by atoms with E-state index in [1.165, 1.54) is 6.92 Å². The third-order valence-corrected chi connectivity index (χ3v) is 3.32. The van der Waals surface area contributed by atoms with Crippen molar-refractivity contribution in [2.75, 3.05) is 25.0 Å². The molecule has 0 saturated carbocycles. The molecule has 5 heteroatoms. The van der Waals surface area contributed by atoms with Crippen molar-refractivity contribution >= 4 is 17.5 Å². The molecule has 1 aliphatic rings. The third kappa shape index (κ3) is 3.12. The van der Waals surface area contributed by atoms with E-state index in [0.29, 0.717) is 19.5 Å². The molecule has 0 radical (unpaired) electrons. The fourth-order valence-electron chi connectivity index (χ4n) is 2.31. The second kappa shape index (κ2) is 5.84. The van der Waals surface area contributed by atoms with Gasteiger partial charge >= 0.3 is 0 Å². The number of anilines is 1. The highest BCUT2D eigenvalue weighted by Crippen LogP contribution is 2.32. The van der Waals surface area contributed by atoms with Gasteiger partial charge in [-0.2, -0.15) is 0 Å². The number of nitrogens with zero attached hydrogens (tertiary/aromatic N) is 1. The van der Waals surface area contributed by atoms with E-state index in [1.807, 2.05) is 24.3 Å². The first kappa shape index (κ1) is 13.5. The molecule has 1 aromatic carbocycles. The van der Waals surface area contributed by atoms with E-state index in [0.717, 1.165) is 11.3 Å². The van der Waals surface area contributed by atoms with Crippen molar-refractivity contribution in [1.82, 2.24) is 10.6 Å². The molecular weight excluding hydrogens is 242 g/mol. The summed E-state index contributed by atoms with van der Waals surface area (Å²) in [6.07, 6.45) is 0.452. The number of fused-ring (bicyclic) bond motifs is 1. The molecule has 0 fully saturated rings. The van der Waals surface area contributed by atoms with Crippen molar-refractivity contribution in [3.63, 3.8) is 0 Å². The summed E-state index contributed by atoms with van der Waals surface area (Å²) in [5, 5.41) is 6.05. The first-order chi connectivity index (χ1) is 9.09. The second-order valence-corrected chi connectivity index (χ2v) is 4.71. The topological polar surface area (TPSA) is 61.4 Å². The number of hydrogen-bond donors (Lipinski definition) is 2. The van der Waals surface area contributed by atoms with Crippen molar-refractivity contribution in [1.29, 1.82) is 0 Å². The van der Waals surface area contributed by atoms with Crippen LogP contribution in [0.2, 0.25) is 0 Å². The van der Waals surface area contributed by atoms with Crippen molar-refractivity contribution in [2.24, 2.45) is 0 Å². The van der Waals surface area contributed by atoms with Crippen LogP contribution < -0.4 is 15.5 Å². The molecule has 2 rings (SSSR count). The van der Waals surface area contributed by atoms with Crippen molar-refractivity contribution in [3.05, 3.63) is 29.8 Å². The minimum Gasteiger partial charge on any atom is -0.355 e. The molecule has 1 unspecified atom stereocenters. The fraction of sp³-hybridized carbons (Fsp3) is 0.429. The SMILES string of the molecule is CC(=O)NCCNC1CC(=O)N(C)c2ccccc21. The summed E-state index contributed by atoms with van der Waals surface area (Å²) in [6, 6.07) is 7.92. The van der Waals surface area contributed by atoms with Gasteiger partial charge in [0.1, 0.15) is 0 Å². The average Bonchev–Trinajstić information content (AvgIpc) is 2.40. The smallest absolute Gasteiger partial charge is 0.228 e. The Balaban J connectivity index is 2.03. The van der Waals surface area contributed by atoms with Gasteiger partial charge in [0, 0.05) is 45.2 Å². The van der Waals surface area contributed by atoms with Crippen LogP contribution in [0.3, 0.4) is 0 Å². The lowest BCUT2D eigenvalue weighted by Gasteiger charge is -2.32. The summed E-state index contributed by atoms with van der Waals surface area (Å²) in [7, 11) is 1.80. The van der Waals surface area contributed by atoms with E-state index >= 15 is 0 Å². The van der Waals surface area contributed by atoms with Crippen LogP contribution in [-0.4, -0.2) is 32.0 Å². The van der Waals surface area contributed by atoms with Gasteiger partial charge in [0.25, 0.3) is 0 Å². The standard InChI is InChI=1S/C14H19N3O2/c1-10(18)15-7-8-16-12-9-14(19)17(2)13-6-4-3-5-11(12)13/h3-6,12,16H,7-9H2,1-2H3,(H,15,18). The van der Waals surface area contributed by atoms with Gasteiger partial charge in [-0.05, 0) is 11.6 Å². The zero-order chi connectivity index (χ0) is 13.8. The van der Waals surface area contributed by atoms with Gasteiger partial charge in [-0.15, -0.1) is 0 Å². The molecule has 0 aliphatic carbocycles. The van der Waals surface area contributed by atoms with E-state index in [4.69, 9.17) is 0 Å². The van der Waals surface area contributed by atoms with E-state index in [2.05, 4.69) is 10.6 Å². The lowest BCUT2D eigenvalue weighted by molar-refractivity contribution is -0.120. The highest BCUT2D eigenvalue weighted by molar-refractivity contribution is 5.96. The Labute approximate surface area is 113 Å². The van der Waals surface area contributed by atoms with Crippen LogP contribution in [0.25, 0.3) is 0 Å². The van der Waals surface area contributed by atoms with Gasteiger partial charge in [0.2, 0.25) is 11.8 Å². The first-order valence-electron chi connectivity index (χ1n) is 6.43. The van der Waals surface area contributed by atoms with Gasteiger partial charge in [-0.3, -0.25) is 9.59 Å². The maximum atomic E-state index is 11.9. The Kier molecular flexibility index (Phi) is 4.16. The molecule has 2 N–H and O–H groups in total. The molecule has 102 valence electrons. The molecule has 5 nitrogen and oxygen atoms in total. The number of para-hydroxylation sites is 1. The van der Waals surface area contributed by atoms with Crippen LogP contribution in [-0.2, 0) is 9.59 Å². The Morgan fingerprint density at radius 3 is 2.84 bits per heavy atom. The second-order valence-electron chi connectivity index (χ2n) is 4.71. The van der Waals surface area contributed by atoms with Gasteiger partial charge in [-0.1, -0.05) is 18.2 Å². The number of hydrogen-bond acceptors (Lipinski definition) is 3. The number of carbonyl (C=O) groups is 2. The minimum atomic E-state index is -0.0401. The Morgan fingerprint density at radius 1 is 1.37 bits per heavy atom. The van der Waals surface area contributed by atoms with Crippen LogP contribution in [0.15, 0.2) is 24.3 Å². The van der Waals surface area contributed by atoms with E-state index in [9.17, 15) is 9.59 Å². The lowest BCUT2D eigenvalue weighted by atomic mass is 9.96. The molecule has 1 heterocycles. The van der Waals surface area contributed by atoms with Crippen molar-refractivity contribution < 1.29 is 9.59 Å². The number of benzene rings is 1. The number of amides is 2. The zero-order valence-corrected chi connectivity index (χ0v) is 11.3. The summed E-state index contributed by atoms with van der Waals surface area (Å²) in [5.41, 5.74) is 2.09. The van der Waals surface area contributed by atoms with Crippen molar-refractivity contribution in [2.45, 2.75) is 19.4 Å². The molecular formula is C14H19N3O2. The van der Waals surface area contributed by atoms with Crippen molar-refractivity contribution in [3.8, 4) is 0 Å². The number of rotatable bonds is 4. The molecule has 0 aromatic heterocycles. The molecule has 1 aliphatic heterocycles. The van der Waals surface area contributed by atoms with Gasteiger partial charge in [-0.25, -0.2) is 0 Å². The van der Waals surface area contributed by atoms with Gasteiger partial charge < -0.3 is 15.5 Å². The predicted molar refractivity (Wildman–Crippen MR) is 73.9 cm³/mol. The quantitative estimate of drug-likeness (QED) is 0.789. The first-order valence-corrected chi connectivity index (χ1v) is 6.43. The molecule has 19 heavy (non-hydrogen) atoms. The maximum absolute atomic E-state index is 11.9. The molecule has 1 aromatic rings. The summed E-state index contributed by atoms with van der Waals surface area (Å²) in [5.74, 6) is 0.0670. The van der Waals surface area contributed by atoms with E-state index in [-0.39, 0.29) is 17.9 Å². The van der Waals surface area contributed by atoms with Crippen LogP contribution in [0, 0.1) is 0 Å². The highest BCUT2D eigenvalue weighted by atomic mass is 16.2. The predicted octanol–water partition coefficient (Wildman–Crippen LogP) is 0.820. The van der Waals surface area contributed by atoms with E-state index < -0.39 is 0 Å². The number of nitrogens with one attached hydrogen (secondary N) is 2. The fourth-order valence-corrected chi connectivity index (χ4v) is 2.31. The van der Waals surface area contributed by atoms with Crippen LogP contribution in [0.5, 0.6) is 0 Å². The molecule has 0 bridgehead atoms. The van der Waals surface area contributed by atoms with Crippen LogP contribution in [0.4, 0.5) is 5.69 Å². The highest BCUT2D eigenvalue weighted by Gasteiger charge is 2.28. The molecule has 0 spiro atoms. The normalized spacial score (nSPS) is 18.1. The molecule has 1 atom stereocenters. The minimum absolute atomic E-state index is 0.0219. The third-order valence-electron chi connectivity index (χ3n) is 3.32. The maximum Gasteiger partial charge on any atom is 0.228 e.